The quantitative estimate of drug-likeness (QED) is 0.212. The number of halogens is 1. The second kappa shape index (κ2) is 14.1. The summed E-state index contributed by atoms with van der Waals surface area (Å²) in [7, 11) is -2.50. The minimum absolute atomic E-state index is 0.171. The zero-order valence-corrected chi connectivity index (χ0v) is 29.2. The molecule has 1 amide bonds. The maximum atomic E-state index is 13.8. The van der Waals surface area contributed by atoms with Gasteiger partial charge >= 0.3 is 6.09 Å². The molecule has 0 radical (unpaired) electrons. The van der Waals surface area contributed by atoms with Crippen molar-refractivity contribution >= 4 is 33.1 Å². The van der Waals surface area contributed by atoms with Gasteiger partial charge in [-0.05, 0) is 102 Å². The molecule has 3 rings (SSSR count). The van der Waals surface area contributed by atoms with Gasteiger partial charge in [-0.3, -0.25) is 9.59 Å². The van der Waals surface area contributed by atoms with Gasteiger partial charge in [0.15, 0.2) is 21.6 Å². The van der Waals surface area contributed by atoms with Crippen LogP contribution in [0, 0.1) is 5.82 Å². The molecule has 0 aliphatic rings. The van der Waals surface area contributed by atoms with Gasteiger partial charge in [-0.2, -0.15) is 0 Å². The Morgan fingerprint density at radius 2 is 1.61 bits per heavy atom. The molecule has 1 aromatic heterocycles. The number of aryl methyl sites for hydroxylation is 1. The molecule has 0 saturated carbocycles. The number of pyridine rings is 1. The summed E-state index contributed by atoms with van der Waals surface area (Å²) in [6.07, 6.45) is 0.656. The van der Waals surface area contributed by atoms with Crippen LogP contribution >= 0.6 is 0 Å². The summed E-state index contributed by atoms with van der Waals surface area (Å²) in [4.78, 5) is 38.8. The first kappa shape index (κ1) is 36.9. The Balaban J connectivity index is 2.19. The van der Waals surface area contributed by atoms with Crippen LogP contribution < -0.4 is 15.6 Å². The molecule has 46 heavy (non-hydrogen) atoms. The topological polar surface area (TPSA) is 147 Å². The zero-order valence-electron chi connectivity index (χ0n) is 27.6. The fraction of sp³-hybridized carbons (Fsp3) is 0.424. The highest BCUT2D eigenvalue weighted by molar-refractivity contribution is 7.91. The molecule has 1 heterocycles. The van der Waals surface area contributed by atoms with E-state index < -0.39 is 66.4 Å². The van der Waals surface area contributed by atoms with Crippen molar-refractivity contribution in [2.45, 2.75) is 77.0 Å². The van der Waals surface area contributed by atoms with Gasteiger partial charge in [0.05, 0.1) is 11.3 Å². The lowest BCUT2D eigenvalue weighted by molar-refractivity contribution is 0.103. The number of nitrogens with one attached hydrogen (secondary N) is 2. The third-order valence-corrected chi connectivity index (χ3v) is 10.6. The van der Waals surface area contributed by atoms with E-state index in [0.717, 1.165) is 12.1 Å². The Hall–Kier alpha value is -3.52. The van der Waals surface area contributed by atoms with Gasteiger partial charge in [0, 0.05) is 52.9 Å². The first-order valence-electron chi connectivity index (χ1n) is 14.6. The minimum atomic E-state index is -4.04. The number of carbonyl (C=O) groups is 2. The van der Waals surface area contributed by atoms with Gasteiger partial charge in [0.2, 0.25) is 0 Å². The SMILES string of the molecule is CC(N[S+]([O-])C(C)(C)C)c1cc(=O)n(C)cc1-c1cc(C(C)S(=O)(=O)COC(=O)NC(C)(C)C)ccc1C(=O)c1ccc(F)cc1. The number of sulfone groups is 1. The van der Waals surface area contributed by atoms with Crippen molar-refractivity contribution in [3.05, 3.63) is 93.2 Å². The first-order valence-corrected chi connectivity index (χ1v) is 17.5. The third-order valence-electron chi connectivity index (χ3n) is 7.09. The molecular weight excluding hydrogens is 634 g/mol. The van der Waals surface area contributed by atoms with E-state index in [1.807, 2.05) is 0 Å². The van der Waals surface area contributed by atoms with Crippen LogP contribution in [-0.2, 0) is 33.0 Å². The van der Waals surface area contributed by atoms with Crippen molar-refractivity contribution in [2.24, 2.45) is 7.05 Å². The number of hydrogen-bond donors (Lipinski definition) is 2. The van der Waals surface area contributed by atoms with Crippen molar-refractivity contribution in [2.75, 3.05) is 5.94 Å². The molecule has 3 atom stereocenters. The predicted molar refractivity (Wildman–Crippen MR) is 178 cm³/mol. The maximum Gasteiger partial charge on any atom is 0.408 e. The monoisotopic (exact) mass is 675 g/mol. The van der Waals surface area contributed by atoms with Gasteiger partial charge in [-0.25, -0.2) is 17.6 Å². The summed E-state index contributed by atoms with van der Waals surface area (Å²) < 4.78 is 62.1. The standard InChI is InChI=1S/C33H42FN3O7S2/c1-20(36-45(41)33(6,7)8)26-17-29(38)37(9)18-28(26)27-16-23(12-15-25(27)30(39)22-10-13-24(34)14-11-22)21(2)46(42,43)19-44-31(40)35-32(3,4)5/h10-18,20-21,36H,19H2,1-9H3,(H,35,40). The molecule has 2 aromatic carbocycles. The second-order valence-electron chi connectivity index (χ2n) is 13.2. The summed E-state index contributed by atoms with van der Waals surface area (Å²) in [5.41, 5.74) is 0.844. The third kappa shape index (κ3) is 9.27. The van der Waals surface area contributed by atoms with Crippen LogP contribution in [0.25, 0.3) is 11.1 Å². The number of carbonyl (C=O) groups excluding carboxylic acids is 2. The molecule has 13 heteroatoms. The molecule has 250 valence electrons. The van der Waals surface area contributed by atoms with E-state index in [2.05, 4.69) is 10.0 Å². The lowest BCUT2D eigenvalue weighted by Crippen LogP contribution is -2.41. The van der Waals surface area contributed by atoms with Gasteiger partial charge in [-0.15, -0.1) is 4.72 Å². The van der Waals surface area contributed by atoms with Crippen LogP contribution in [0.15, 0.2) is 59.5 Å². The van der Waals surface area contributed by atoms with Crippen LogP contribution in [0.4, 0.5) is 9.18 Å². The van der Waals surface area contributed by atoms with Gasteiger partial charge in [-0.1, -0.05) is 12.1 Å². The van der Waals surface area contributed by atoms with Crippen LogP contribution in [0.2, 0.25) is 0 Å². The Morgan fingerprint density at radius 3 is 2.17 bits per heavy atom. The molecule has 0 spiro atoms. The maximum absolute atomic E-state index is 13.8. The van der Waals surface area contributed by atoms with Gasteiger partial charge in [0.1, 0.15) is 10.6 Å². The van der Waals surface area contributed by atoms with Crippen molar-refractivity contribution in [1.82, 2.24) is 14.6 Å². The van der Waals surface area contributed by atoms with E-state index in [-0.39, 0.29) is 16.7 Å². The fourth-order valence-corrected chi connectivity index (χ4v) is 6.25. The molecule has 0 aliphatic heterocycles. The first-order chi connectivity index (χ1) is 21.1. The van der Waals surface area contributed by atoms with E-state index in [4.69, 9.17) is 4.74 Å². The van der Waals surface area contributed by atoms with E-state index in [0.29, 0.717) is 22.3 Å². The van der Waals surface area contributed by atoms with Crippen LogP contribution in [0.1, 0.15) is 93.7 Å². The van der Waals surface area contributed by atoms with Crippen LogP contribution in [-0.4, -0.2) is 45.6 Å². The number of amides is 1. The molecule has 0 fully saturated rings. The molecular formula is C33H42FN3O7S2. The lowest BCUT2D eigenvalue weighted by atomic mass is 9.89. The van der Waals surface area contributed by atoms with Crippen LogP contribution in [0.3, 0.4) is 0 Å². The van der Waals surface area contributed by atoms with Crippen molar-refractivity contribution in [3.8, 4) is 11.1 Å². The Labute approximate surface area is 273 Å². The van der Waals surface area contributed by atoms with Gasteiger partial charge < -0.3 is 19.2 Å². The minimum Gasteiger partial charge on any atom is -0.598 e. The number of alkyl carbamates (subject to hydrolysis) is 1. The Bertz CT molecular complexity index is 1760. The summed E-state index contributed by atoms with van der Waals surface area (Å²) >= 11 is -1.51. The van der Waals surface area contributed by atoms with E-state index >= 15 is 0 Å². The number of nitrogens with zero attached hydrogens (tertiary/aromatic N) is 1. The van der Waals surface area contributed by atoms with E-state index in [9.17, 15) is 31.7 Å². The summed E-state index contributed by atoms with van der Waals surface area (Å²) in [5.74, 6) is -1.86. The average Bonchev–Trinajstić information content (AvgIpc) is 2.95. The average molecular weight is 676 g/mol. The van der Waals surface area contributed by atoms with E-state index in [1.165, 1.54) is 48.0 Å². The molecule has 3 aromatic rings. The highest BCUT2D eigenvalue weighted by Gasteiger charge is 2.31. The number of aromatic nitrogens is 1. The predicted octanol–water partition coefficient (Wildman–Crippen LogP) is 5.49. The fourth-order valence-electron chi connectivity index (χ4n) is 4.41. The van der Waals surface area contributed by atoms with Crippen molar-refractivity contribution < 1.29 is 31.7 Å². The number of ketones is 1. The molecule has 2 N–H and O–H groups in total. The number of benzene rings is 2. The Kier molecular flexibility index (Phi) is 11.3. The molecule has 3 unspecified atom stereocenters. The smallest absolute Gasteiger partial charge is 0.408 e. The molecule has 0 aliphatic carbocycles. The molecule has 0 bridgehead atoms. The lowest BCUT2D eigenvalue weighted by Gasteiger charge is -2.28. The van der Waals surface area contributed by atoms with Crippen LogP contribution in [0.5, 0.6) is 0 Å². The van der Waals surface area contributed by atoms with E-state index in [1.54, 1.807) is 61.6 Å². The van der Waals surface area contributed by atoms with Crippen molar-refractivity contribution in [3.63, 3.8) is 0 Å². The van der Waals surface area contributed by atoms with Crippen molar-refractivity contribution in [1.29, 1.82) is 0 Å². The summed E-state index contributed by atoms with van der Waals surface area (Å²) in [5, 5.41) is 1.38. The number of rotatable bonds is 10. The summed E-state index contributed by atoms with van der Waals surface area (Å²) in [6, 6.07) is 10.3. The highest BCUT2D eigenvalue weighted by atomic mass is 32.2. The van der Waals surface area contributed by atoms with Gasteiger partial charge in [0.25, 0.3) is 5.56 Å². The largest absolute Gasteiger partial charge is 0.598 e. The number of hydrogen-bond acceptors (Lipinski definition) is 8. The Morgan fingerprint density at radius 1 is 1.00 bits per heavy atom. The second-order valence-corrected chi connectivity index (χ2v) is 17.4. The normalized spacial score (nSPS) is 14.3. The number of ether oxygens (including phenoxy) is 1. The molecule has 0 saturated heterocycles. The molecule has 10 nitrogen and oxygen atoms in total. The zero-order chi connectivity index (χ0) is 34.8. The summed E-state index contributed by atoms with van der Waals surface area (Å²) in [6.45, 7) is 13.8. The highest BCUT2D eigenvalue weighted by Crippen LogP contribution is 2.35.